The molecule has 0 N–H and O–H groups in total. The Morgan fingerprint density at radius 1 is 0.310 bits per heavy atom. The van der Waals surface area contributed by atoms with Crippen molar-refractivity contribution in [3.05, 3.63) is 206 Å². The number of fused-ring (bicyclic) bond motifs is 9. The van der Waals surface area contributed by atoms with Crippen LogP contribution in [-0.4, -0.2) is 19.1 Å². The van der Waals surface area contributed by atoms with Crippen LogP contribution in [0.1, 0.15) is 0 Å². The first-order chi connectivity index (χ1) is 28.8. The first kappa shape index (κ1) is 32.4. The number of hydrogen-bond acceptors (Lipinski definition) is 2. The lowest BCUT2D eigenvalue weighted by Crippen LogP contribution is -2.04. The van der Waals surface area contributed by atoms with Crippen molar-refractivity contribution in [1.29, 1.82) is 0 Å². The van der Waals surface area contributed by atoms with Crippen molar-refractivity contribution in [2.75, 3.05) is 0 Å². The van der Waals surface area contributed by atoms with E-state index >= 15 is 0 Å². The van der Waals surface area contributed by atoms with E-state index in [1.807, 2.05) is 24.3 Å². The number of aromatic nitrogens is 4. The van der Waals surface area contributed by atoms with Gasteiger partial charge in [0.2, 0.25) is 0 Å². The average molecular weight is 739 g/mol. The summed E-state index contributed by atoms with van der Waals surface area (Å²) in [6.07, 6.45) is 0. The fraction of sp³-hybridized carbons (Fsp3) is 0. The zero-order chi connectivity index (χ0) is 38.2. The van der Waals surface area contributed by atoms with Gasteiger partial charge in [-0.15, -0.1) is 0 Å². The maximum Gasteiger partial charge on any atom is 0.165 e. The third kappa shape index (κ3) is 5.02. The van der Waals surface area contributed by atoms with E-state index in [0.717, 1.165) is 55.9 Å². The molecule has 3 heterocycles. The summed E-state index contributed by atoms with van der Waals surface area (Å²) >= 11 is 0. The van der Waals surface area contributed by atoms with Gasteiger partial charge >= 0.3 is 0 Å². The lowest BCUT2D eigenvalue weighted by molar-refractivity contribution is 1.08. The second-order valence-electron chi connectivity index (χ2n) is 15.0. The topological polar surface area (TPSA) is 35.6 Å². The minimum atomic E-state index is 0.806. The molecule has 3 aromatic heterocycles. The number of hydrogen-bond donors (Lipinski definition) is 0. The summed E-state index contributed by atoms with van der Waals surface area (Å²) in [7, 11) is 0. The molecular formula is C54H34N4. The molecular weight excluding hydrogens is 705 g/mol. The molecule has 12 aromatic rings. The molecule has 9 aromatic carbocycles. The van der Waals surface area contributed by atoms with Crippen LogP contribution in [0.25, 0.3) is 110 Å². The quantitative estimate of drug-likeness (QED) is 0.176. The van der Waals surface area contributed by atoms with Gasteiger partial charge < -0.3 is 4.57 Å². The molecule has 4 heteroatoms. The zero-order valence-corrected chi connectivity index (χ0v) is 31.4. The summed E-state index contributed by atoms with van der Waals surface area (Å²) < 4.78 is 4.81. The largest absolute Gasteiger partial charge is 0.309 e. The van der Waals surface area contributed by atoms with Crippen LogP contribution in [0.3, 0.4) is 0 Å². The van der Waals surface area contributed by atoms with Gasteiger partial charge in [0.05, 0.1) is 33.1 Å². The molecule has 0 fully saturated rings. The molecule has 0 radical (unpaired) electrons. The highest BCUT2D eigenvalue weighted by Crippen LogP contribution is 2.43. The van der Waals surface area contributed by atoms with Gasteiger partial charge in [-0.2, -0.15) is 0 Å². The van der Waals surface area contributed by atoms with Crippen LogP contribution in [-0.2, 0) is 0 Å². The Balaban J connectivity index is 1.24. The second-order valence-corrected chi connectivity index (χ2v) is 15.0. The Morgan fingerprint density at radius 3 is 1.59 bits per heavy atom. The van der Waals surface area contributed by atoms with Gasteiger partial charge in [0.25, 0.3) is 0 Å². The third-order valence-electron chi connectivity index (χ3n) is 11.6. The minimum absolute atomic E-state index is 0.806. The molecule has 0 unspecified atom stereocenters. The summed E-state index contributed by atoms with van der Waals surface area (Å²) in [5.74, 6) is 0.806. The fourth-order valence-corrected chi connectivity index (χ4v) is 9.03. The lowest BCUT2D eigenvalue weighted by Gasteiger charge is -2.15. The van der Waals surface area contributed by atoms with Crippen molar-refractivity contribution in [2.24, 2.45) is 0 Å². The van der Waals surface area contributed by atoms with Gasteiger partial charge in [0.15, 0.2) is 5.82 Å². The Hall–Kier alpha value is -7.82. The second kappa shape index (κ2) is 12.9. The van der Waals surface area contributed by atoms with Crippen LogP contribution in [0.5, 0.6) is 0 Å². The summed E-state index contributed by atoms with van der Waals surface area (Å²) in [5.41, 5.74) is 13.8. The highest BCUT2D eigenvalue weighted by Gasteiger charge is 2.23. The van der Waals surface area contributed by atoms with Crippen LogP contribution < -0.4 is 0 Å². The molecule has 0 spiro atoms. The molecule has 0 bridgehead atoms. The molecule has 4 nitrogen and oxygen atoms in total. The van der Waals surface area contributed by atoms with Crippen molar-refractivity contribution in [2.45, 2.75) is 0 Å². The molecule has 58 heavy (non-hydrogen) atoms. The molecule has 0 atom stereocenters. The summed E-state index contributed by atoms with van der Waals surface area (Å²) in [6.45, 7) is 0. The van der Waals surface area contributed by atoms with Crippen molar-refractivity contribution in [3.63, 3.8) is 0 Å². The van der Waals surface area contributed by atoms with Crippen LogP contribution >= 0.6 is 0 Å². The molecule has 0 amide bonds. The van der Waals surface area contributed by atoms with Crippen LogP contribution in [0, 0.1) is 0 Å². The zero-order valence-electron chi connectivity index (χ0n) is 31.4. The third-order valence-corrected chi connectivity index (χ3v) is 11.6. The number of para-hydroxylation sites is 3. The number of nitrogens with zero attached hydrogens (tertiary/aromatic N) is 4. The summed E-state index contributed by atoms with van der Waals surface area (Å²) in [5, 5.41) is 7.26. The van der Waals surface area contributed by atoms with E-state index < -0.39 is 0 Å². The first-order valence-electron chi connectivity index (χ1n) is 19.7. The molecule has 0 aliphatic heterocycles. The Morgan fingerprint density at radius 2 is 0.879 bits per heavy atom. The van der Waals surface area contributed by atoms with E-state index in [1.54, 1.807) is 0 Å². The smallest absolute Gasteiger partial charge is 0.165 e. The van der Waals surface area contributed by atoms with E-state index in [2.05, 4.69) is 191 Å². The van der Waals surface area contributed by atoms with Gasteiger partial charge in [-0.05, 0) is 87.6 Å². The van der Waals surface area contributed by atoms with E-state index in [9.17, 15) is 0 Å². The predicted molar refractivity (Wildman–Crippen MR) is 242 cm³/mol. The molecule has 12 rings (SSSR count). The van der Waals surface area contributed by atoms with Gasteiger partial charge in [-0.3, -0.25) is 4.57 Å². The van der Waals surface area contributed by atoms with E-state index in [1.165, 1.54) is 54.6 Å². The molecule has 270 valence electrons. The van der Waals surface area contributed by atoms with E-state index in [4.69, 9.17) is 9.97 Å². The normalized spacial score (nSPS) is 11.8. The lowest BCUT2D eigenvalue weighted by atomic mass is 9.98. The van der Waals surface area contributed by atoms with Crippen molar-refractivity contribution >= 4 is 65.4 Å². The van der Waals surface area contributed by atoms with Crippen molar-refractivity contribution < 1.29 is 0 Å². The summed E-state index contributed by atoms with van der Waals surface area (Å²) in [4.78, 5) is 10.7. The summed E-state index contributed by atoms with van der Waals surface area (Å²) in [6, 6.07) is 73.9. The fourth-order valence-electron chi connectivity index (χ4n) is 9.03. The highest BCUT2D eigenvalue weighted by atomic mass is 15.1. The van der Waals surface area contributed by atoms with Crippen molar-refractivity contribution in [3.8, 4) is 45.0 Å². The number of benzene rings is 9. The SMILES string of the molecule is c1ccc(-c2cc(-c3ccccc3)cc(-n3c4cc5c(cc4c4c6ccccc6ccc43)c3ccccc3n5-c3nc4ccccc4nc3-c3ccccc3)c2)cc1. The first-order valence-corrected chi connectivity index (χ1v) is 19.7. The molecule has 0 aliphatic rings. The van der Waals surface area contributed by atoms with E-state index in [-0.39, 0.29) is 0 Å². The maximum absolute atomic E-state index is 5.42. The standard InChI is InChI=1S/C54H34N4/c1-4-16-35(17-5-1)39-30-40(36-18-6-2-7-19-36)32-41(31-39)57-49-29-28-37-20-10-11-23-42(37)52(49)45-33-44-43-24-12-15-27-48(43)58(50(44)34-51(45)57)54-53(38-21-8-3-9-22-38)55-46-25-13-14-26-47(46)56-54/h1-34H. The Labute approximate surface area is 334 Å². The maximum atomic E-state index is 5.42. The molecule has 0 saturated carbocycles. The highest BCUT2D eigenvalue weighted by molar-refractivity contribution is 6.25. The van der Waals surface area contributed by atoms with Crippen LogP contribution in [0.2, 0.25) is 0 Å². The molecule has 0 saturated heterocycles. The Kier molecular flexibility index (Phi) is 7.20. The Bertz CT molecular complexity index is 3490. The van der Waals surface area contributed by atoms with Crippen LogP contribution in [0.4, 0.5) is 0 Å². The van der Waals surface area contributed by atoms with Crippen LogP contribution in [0.15, 0.2) is 206 Å². The minimum Gasteiger partial charge on any atom is -0.309 e. The predicted octanol–water partition coefficient (Wildman–Crippen LogP) is 14.0. The van der Waals surface area contributed by atoms with Gasteiger partial charge in [-0.25, -0.2) is 9.97 Å². The van der Waals surface area contributed by atoms with Gasteiger partial charge in [0.1, 0.15) is 5.69 Å². The molecule has 0 aliphatic carbocycles. The monoisotopic (exact) mass is 738 g/mol. The van der Waals surface area contributed by atoms with Crippen molar-refractivity contribution in [1.82, 2.24) is 19.1 Å². The van der Waals surface area contributed by atoms with Gasteiger partial charge in [0, 0.05) is 32.8 Å². The average Bonchev–Trinajstić information content (AvgIpc) is 3.80. The van der Waals surface area contributed by atoms with E-state index in [0.29, 0.717) is 0 Å². The number of rotatable bonds is 5. The van der Waals surface area contributed by atoms with Gasteiger partial charge in [-0.1, -0.05) is 152 Å².